The Morgan fingerprint density at radius 3 is 2.77 bits per heavy atom. The zero-order valence-electron chi connectivity index (χ0n) is 12.6. The topological polar surface area (TPSA) is 59.5 Å². The van der Waals surface area contributed by atoms with Gasteiger partial charge in [0.05, 0.1) is 23.7 Å². The van der Waals surface area contributed by atoms with Gasteiger partial charge in [0.15, 0.2) is 0 Å². The summed E-state index contributed by atoms with van der Waals surface area (Å²) in [5.41, 5.74) is 2.61. The number of rotatable bonds is 4. The Balaban J connectivity index is 1.90. The van der Waals surface area contributed by atoms with Crippen molar-refractivity contribution in [3.63, 3.8) is 0 Å². The highest BCUT2D eigenvalue weighted by Gasteiger charge is 2.31. The summed E-state index contributed by atoms with van der Waals surface area (Å²) in [6, 6.07) is 8.73. The molecule has 1 aliphatic rings. The molecule has 0 saturated carbocycles. The van der Waals surface area contributed by atoms with Gasteiger partial charge in [-0.1, -0.05) is 6.07 Å². The van der Waals surface area contributed by atoms with Crippen LogP contribution in [0.1, 0.15) is 23.7 Å². The molecule has 1 aromatic heterocycles. The molecule has 1 aromatic carbocycles. The van der Waals surface area contributed by atoms with Gasteiger partial charge in [-0.15, -0.1) is 0 Å². The van der Waals surface area contributed by atoms with Crippen molar-refractivity contribution in [2.24, 2.45) is 0 Å². The maximum atomic E-state index is 12.8. The molecule has 0 radical (unpaired) electrons. The standard InChI is InChI=1S/C16H18N2O3S/c1-3-21-16-7-6-14(9-12(16)2)22(19,20)18-10-13-5-4-8-17-15(13)11-18/h4-9H,3,10-11H2,1-2H3. The van der Waals surface area contributed by atoms with E-state index in [0.717, 1.165) is 16.8 Å². The van der Waals surface area contributed by atoms with Crippen LogP contribution in [-0.4, -0.2) is 24.3 Å². The number of hydrogen-bond acceptors (Lipinski definition) is 4. The number of aromatic nitrogens is 1. The second-order valence-corrected chi connectivity index (χ2v) is 7.18. The fourth-order valence-electron chi connectivity index (χ4n) is 2.59. The lowest BCUT2D eigenvalue weighted by atomic mass is 10.2. The summed E-state index contributed by atoms with van der Waals surface area (Å²) in [6.45, 7) is 5.01. The van der Waals surface area contributed by atoms with Gasteiger partial charge in [0.25, 0.3) is 0 Å². The first-order chi connectivity index (χ1) is 10.5. The number of nitrogens with zero attached hydrogens (tertiary/aromatic N) is 2. The van der Waals surface area contributed by atoms with Crippen LogP contribution in [0.25, 0.3) is 0 Å². The molecule has 2 heterocycles. The molecule has 1 aliphatic heterocycles. The number of sulfonamides is 1. The Kier molecular flexibility index (Phi) is 3.88. The van der Waals surface area contributed by atoms with Crippen LogP contribution < -0.4 is 4.74 Å². The van der Waals surface area contributed by atoms with Gasteiger partial charge in [-0.05, 0) is 49.2 Å². The lowest BCUT2D eigenvalue weighted by Gasteiger charge is -2.16. The molecule has 0 atom stereocenters. The van der Waals surface area contributed by atoms with E-state index in [9.17, 15) is 8.42 Å². The van der Waals surface area contributed by atoms with E-state index in [4.69, 9.17) is 4.74 Å². The molecule has 0 spiro atoms. The Morgan fingerprint density at radius 2 is 2.09 bits per heavy atom. The minimum Gasteiger partial charge on any atom is -0.494 e. The van der Waals surface area contributed by atoms with Crippen molar-refractivity contribution < 1.29 is 13.2 Å². The molecule has 116 valence electrons. The van der Waals surface area contributed by atoms with Crippen molar-refractivity contribution in [3.05, 3.63) is 53.3 Å². The average molecular weight is 318 g/mol. The van der Waals surface area contributed by atoms with Gasteiger partial charge in [-0.25, -0.2) is 8.42 Å². The third kappa shape index (κ3) is 2.60. The fraction of sp³-hybridized carbons (Fsp3) is 0.312. The van der Waals surface area contributed by atoms with Crippen LogP contribution in [0.3, 0.4) is 0 Å². The second kappa shape index (κ2) is 5.70. The Bertz CT molecular complexity index is 778. The zero-order valence-corrected chi connectivity index (χ0v) is 13.4. The summed E-state index contributed by atoms with van der Waals surface area (Å²) in [7, 11) is -3.52. The van der Waals surface area contributed by atoms with Gasteiger partial charge < -0.3 is 4.74 Å². The average Bonchev–Trinajstić information content (AvgIpc) is 2.94. The minimum absolute atomic E-state index is 0.293. The summed E-state index contributed by atoms with van der Waals surface area (Å²) in [5, 5.41) is 0. The van der Waals surface area contributed by atoms with Crippen molar-refractivity contribution in [1.82, 2.24) is 9.29 Å². The number of benzene rings is 1. The maximum Gasteiger partial charge on any atom is 0.243 e. The van der Waals surface area contributed by atoms with Crippen LogP contribution in [-0.2, 0) is 23.1 Å². The van der Waals surface area contributed by atoms with Gasteiger partial charge >= 0.3 is 0 Å². The van der Waals surface area contributed by atoms with E-state index < -0.39 is 10.0 Å². The lowest BCUT2D eigenvalue weighted by Crippen LogP contribution is -2.25. The van der Waals surface area contributed by atoms with Gasteiger partial charge in [-0.3, -0.25) is 4.98 Å². The molecular weight excluding hydrogens is 300 g/mol. The van der Waals surface area contributed by atoms with E-state index in [1.54, 1.807) is 24.4 Å². The first kappa shape index (κ1) is 15.0. The molecule has 0 unspecified atom stereocenters. The van der Waals surface area contributed by atoms with Gasteiger partial charge in [-0.2, -0.15) is 4.31 Å². The largest absolute Gasteiger partial charge is 0.494 e. The van der Waals surface area contributed by atoms with E-state index in [1.165, 1.54) is 4.31 Å². The molecule has 0 aliphatic carbocycles. The predicted octanol–water partition coefficient (Wildman–Crippen LogP) is 2.49. The van der Waals surface area contributed by atoms with E-state index in [-0.39, 0.29) is 0 Å². The highest BCUT2D eigenvalue weighted by Crippen LogP contribution is 2.29. The van der Waals surface area contributed by atoms with Crippen LogP contribution in [0.15, 0.2) is 41.4 Å². The molecule has 0 saturated heterocycles. The highest BCUT2D eigenvalue weighted by atomic mass is 32.2. The SMILES string of the molecule is CCOc1ccc(S(=O)(=O)N2Cc3cccnc3C2)cc1C. The molecular formula is C16H18N2O3S. The number of hydrogen-bond donors (Lipinski definition) is 0. The molecule has 22 heavy (non-hydrogen) atoms. The second-order valence-electron chi connectivity index (χ2n) is 5.24. The normalized spacial score (nSPS) is 14.8. The van der Waals surface area contributed by atoms with Crippen molar-refractivity contribution >= 4 is 10.0 Å². The summed E-state index contributed by atoms with van der Waals surface area (Å²) in [4.78, 5) is 4.54. The first-order valence-corrected chi connectivity index (χ1v) is 8.62. The molecule has 5 nitrogen and oxygen atoms in total. The highest BCUT2D eigenvalue weighted by molar-refractivity contribution is 7.89. The lowest BCUT2D eigenvalue weighted by molar-refractivity contribution is 0.337. The van der Waals surface area contributed by atoms with Gasteiger partial charge in [0.2, 0.25) is 10.0 Å². The van der Waals surface area contributed by atoms with Crippen LogP contribution in [0.5, 0.6) is 5.75 Å². The molecule has 2 aromatic rings. The fourth-order valence-corrected chi connectivity index (χ4v) is 4.05. The van der Waals surface area contributed by atoms with Gasteiger partial charge in [0.1, 0.15) is 5.75 Å². The van der Waals surface area contributed by atoms with E-state index >= 15 is 0 Å². The first-order valence-electron chi connectivity index (χ1n) is 7.18. The van der Waals surface area contributed by atoms with E-state index in [2.05, 4.69) is 4.98 Å². The number of fused-ring (bicyclic) bond motifs is 1. The molecule has 6 heteroatoms. The van der Waals surface area contributed by atoms with Crippen molar-refractivity contribution in [1.29, 1.82) is 0 Å². The number of ether oxygens (including phenoxy) is 1. The Morgan fingerprint density at radius 1 is 1.27 bits per heavy atom. The van der Waals surface area contributed by atoms with Crippen molar-refractivity contribution in [3.8, 4) is 5.75 Å². The molecule has 3 rings (SSSR count). The third-order valence-electron chi connectivity index (χ3n) is 3.74. The third-order valence-corrected chi connectivity index (χ3v) is 5.53. The molecule has 0 bridgehead atoms. The van der Waals surface area contributed by atoms with Crippen molar-refractivity contribution in [2.75, 3.05) is 6.61 Å². The summed E-state index contributed by atoms with van der Waals surface area (Å²) < 4.78 is 32.5. The van der Waals surface area contributed by atoms with Crippen LogP contribution in [0.2, 0.25) is 0 Å². The van der Waals surface area contributed by atoms with Crippen LogP contribution in [0.4, 0.5) is 0 Å². The van der Waals surface area contributed by atoms with Crippen LogP contribution >= 0.6 is 0 Å². The predicted molar refractivity (Wildman–Crippen MR) is 83.0 cm³/mol. The Hall–Kier alpha value is -1.92. The van der Waals surface area contributed by atoms with Crippen molar-refractivity contribution in [2.45, 2.75) is 31.8 Å². The van der Waals surface area contributed by atoms with E-state index in [0.29, 0.717) is 30.3 Å². The maximum absolute atomic E-state index is 12.8. The zero-order chi connectivity index (χ0) is 15.7. The smallest absolute Gasteiger partial charge is 0.243 e. The van der Waals surface area contributed by atoms with E-state index in [1.807, 2.05) is 26.0 Å². The summed E-state index contributed by atoms with van der Waals surface area (Å²) >= 11 is 0. The minimum atomic E-state index is -3.52. The quantitative estimate of drug-likeness (QED) is 0.869. The Labute approximate surface area is 130 Å². The summed E-state index contributed by atoms with van der Waals surface area (Å²) in [5.74, 6) is 0.716. The molecule has 0 fully saturated rings. The monoisotopic (exact) mass is 318 g/mol. The van der Waals surface area contributed by atoms with Crippen LogP contribution in [0, 0.1) is 6.92 Å². The number of aryl methyl sites for hydroxylation is 1. The molecule has 0 N–H and O–H groups in total. The molecule has 0 amide bonds. The number of pyridine rings is 1. The summed E-state index contributed by atoms with van der Waals surface area (Å²) in [6.07, 6.45) is 1.69. The van der Waals surface area contributed by atoms with Gasteiger partial charge in [0, 0.05) is 12.7 Å².